The second kappa shape index (κ2) is 12.7. The summed E-state index contributed by atoms with van der Waals surface area (Å²) in [7, 11) is 0. The molecule has 0 aliphatic carbocycles. The first-order chi connectivity index (χ1) is 14.4. The fraction of sp³-hybridized carbons (Fsp3) is 0.182. The molecular formula is C22H20Cl4N2O2. The molecule has 0 spiro atoms. The Kier molecular flexibility index (Phi) is 10.2. The van der Waals surface area contributed by atoms with Crippen LogP contribution in [0.5, 0.6) is 0 Å². The van der Waals surface area contributed by atoms with Gasteiger partial charge in [-0.25, -0.2) is 0 Å². The zero-order valence-corrected chi connectivity index (χ0v) is 19.0. The van der Waals surface area contributed by atoms with E-state index in [9.17, 15) is 9.59 Å². The molecule has 2 N–H and O–H groups in total. The molecule has 0 radical (unpaired) electrons. The molecule has 0 unspecified atom stereocenters. The van der Waals surface area contributed by atoms with Crippen molar-refractivity contribution in [1.82, 2.24) is 10.6 Å². The van der Waals surface area contributed by atoms with Gasteiger partial charge in [-0.3, -0.25) is 9.59 Å². The fourth-order valence-electron chi connectivity index (χ4n) is 2.45. The van der Waals surface area contributed by atoms with Crippen LogP contribution in [0.4, 0.5) is 0 Å². The molecule has 158 valence electrons. The Hall–Kier alpha value is -1.98. The number of nitrogens with one attached hydrogen (secondary N) is 2. The van der Waals surface area contributed by atoms with Gasteiger partial charge in [0.25, 0.3) is 0 Å². The normalized spacial score (nSPS) is 11.2. The number of carbonyl (C=O) groups is 2. The molecule has 0 fully saturated rings. The van der Waals surface area contributed by atoms with Crippen molar-refractivity contribution in [3.05, 3.63) is 79.8 Å². The van der Waals surface area contributed by atoms with Gasteiger partial charge in [-0.2, -0.15) is 0 Å². The van der Waals surface area contributed by atoms with Crippen molar-refractivity contribution < 1.29 is 9.59 Å². The molecule has 2 aromatic rings. The van der Waals surface area contributed by atoms with Crippen LogP contribution in [0.2, 0.25) is 20.1 Å². The molecule has 0 aliphatic rings. The lowest BCUT2D eigenvalue weighted by molar-refractivity contribution is -0.117. The van der Waals surface area contributed by atoms with Crippen LogP contribution in [0.15, 0.2) is 48.6 Å². The van der Waals surface area contributed by atoms with Crippen LogP contribution < -0.4 is 10.6 Å². The molecule has 8 heteroatoms. The number of halogens is 4. The highest BCUT2D eigenvalue weighted by molar-refractivity contribution is 6.37. The highest BCUT2D eigenvalue weighted by atomic mass is 35.5. The van der Waals surface area contributed by atoms with Crippen LogP contribution in [0.1, 0.15) is 24.0 Å². The van der Waals surface area contributed by atoms with Crippen molar-refractivity contribution in [2.75, 3.05) is 13.1 Å². The fourth-order valence-corrected chi connectivity index (χ4v) is 3.50. The second-order valence-electron chi connectivity index (χ2n) is 6.23. The summed E-state index contributed by atoms with van der Waals surface area (Å²) in [4.78, 5) is 23.7. The summed E-state index contributed by atoms with van der Waals surface area (Å²) in [6.07, 6.45) is 7.37. The zero-order chi connectivity index (χ0) is 21.9. The molecule has 2 aromatic carbocycles. The summed E-state index contributed by atoms with van der Waals surface area (Å²) in [5, 5.41) is 7.46. The van der Waals surface area contributed by atoms with Gasteiger partial charge in [0.05, 0.1) is 0 Å². The summed E-state index contributed by atoms with van der Waals surface area (Å²) in [5.41, 5.74) is 1.20. The minimum atomic E-state index is -0.241. The van der Waals surface area contributed by atoms with Crippen molar-refractivity contribution in [1.29, 1.82) is 0 Å². The van der Waals surface area contributed by atoms with Gasteiger partial charge in [0.2, 0.25) is 11.8 Å². The van der Waals surface area contributed by atoms with Crippen LogP contribution >= 0.6 is 46.4 Å². The quantitative estimate of drug-likeness (QED) is 0.336. The summed E-state index contributed by atoms with van der Waals surface area (Å²) in [6, 6.07) is 10.3. The van der Waals surface area contributed by atoms with E-state index in [0.29, 0.717) is 57.1 Å². The minimum Gasteiger partial charge on any atom is -0.353 e. The maximum atomic E-state index is 11.9. The number of amides is 2. The molecule has 4 nitrogen and oxygen atoms in total. The average molecular weight is 486 g/mol. The topological polar surface area (TPSA) is 58.2 Å². The Morgan fingerprint density at radius 2 is 1.00 bits per heavy atom. The number of hydrogen-bond donors (Lipinski definition) is 2. The van der Waals surface area contributed by atoms with E-state index in [4.69, 9.17) is 46.4 Å². The van der Waals surface area contributed by atoms with E-state index >= 15 is 0 Å². The van der Waals surface area contributed by atoms with Crippen LogP contribution in [-0.2, 0) is 9.59 Å². The van der Waals surface area contributed by atoms with Gasteiger partial charge in [-0.1, -0.05) is 58.5 Å². The third-order valence-corrected chi connectivity index (χ3v) is 5.32. The van der Waals surface area contributed by atoms with Crippen molar-refractivity contribution >= 4 is 70.4 Å². The van der Waals surface area contributed by atoms with Gasteiger partial charge in [-0.15, -0.1) is 0 Å². The van der Waals surface area contributed by atoms with E-state index in [0.717, 1.165) is 0 Å². The lowest BCUT2D eigenvalue weighted by Crippen LogP contribution is -2.25. The Balaban J connectivity index is 1.64. The first kappa shape index (κ1) is 24.3. The Morgan fingerprint density at radius 3 is 1.33 bits per heavy atom. The zero-order valence-electron chi connectivity index (χ0n) is 15.9. The molecular weight excluding hydrogens is 466 g/mol. The molecule has 0 saturated carbocycles. The Bertz CT molecular complexity index is 840. The third kappa shape index (κ3) is 8.04. The predicted octanol–water partition coefficient (Wildman–Crippen LogP) is 6.04. The van der Waals surface area contributed by atoms with E-state index in [1.54, 1.807) is 48.6 Å². The van der Waals surface area contributed by atoms with Crippen LogP contribution in [0, 0.1) is 0 Å². The molecule has 0 saturated heterocycles. The Morgan fingerprint density at radius 1 is 0.667 bits per heavy atom. The van der Waals surface area contributed by atoms with Gasteiger partial charge < -0.3 is 10.6 Å². The van der Waals surface area contributed by atoms with E-state index in [1.165, 1.54) is 12.2 Å². The number of rotatable bonds is 9. The van der Waals surface area contributed by atoms with E-state index < -0.39 is 0 Å². The lowest BCUT2D eigenvalue weighted by Gasteiger charge is -2.05. The highest BCUT2D eigenvalue weighted by Gasteiger charge is 2.04. The highest BCUT2D eigenvalue weighted by Crippen LogP contribution is 2.26. The molecule has 0 aromatic heterocycles. The predicted molar refractivity (Wildman–Crippen MR) is 126 cm³/mol. The average Bonchev–Trinajstić information content (AvgIpc) is 2.70. The summed E-state index contributed by atoms with van der Waals surface area (Å²) in [6.45, 7) is 0.973. The van der Waals surface area contributed by atoms with Crippen molar-refractivity contribution in [3.8, 4) is 0 Å². The van der Waals surface area contributed by atoms with Gasteiger partial charge in [-0.05, 0) is 49.3 Å². The van der Waals surface area contributed by atoms with Crippen molar-refractivity contribution in [2.24, 2.45) is 0 Å². The summed E-state index contributed by atoms with van der Waals surface area (Å²) >= 11 is 24.2. The van der Waals surface area contributed by atoms with Crippen molar-refractivity contribution in [2.45, 2.75) is 12.8 Å². The van der Waals surface area contributed by atoms with E-state index in [2.05, 4.69) is 10.6 Å². The van der Waals surface area contributed by atoms with Crippen LogP contribution in [-0.4, -0.2) is 24.9 Å². The first-order valence-electron chi connectivity index (χ1n) is 9.18. The second-order valence-corrected chi connectivity index (χ2v) is 7.86. The van der Waals surface area contributed by atoms with Crippen molar-refractivity contribution in [3.63, 3.8) is 0 Å². The summed E-state index contributed by atoms with van der Waals surface area (Å²) < 4.78 is 0. The largest absolute Gasteiger partial charge is 0.353 e. The molecule has 0 atom stereocenters. The first-order valence-corrected chi connectivity index (χ1v) is 10.7. The summed E-state index contributed by atoms with van der Waals surface area (Å²) in [5.74, 6) is -0.482. The third-order valence-electron chi connectivity index (χ3n) is 4.00. The number of hydrogen-bond acceptors (Lipinski definition) is 2. The molecule has 0 aliphatic heterocycles. The van der Waals surface area contributed by atoms with Crippen LogP contribution in [0.3, 0.4) is 0 Å². The monoisotopic (exact) mass is 484 g/mol. The standard InChI is InChI=1S/C22H20Cl4N2O2/c23-17-5-3-6-18(24)15(17)9-11-21(29)27-13-1-2-14-28-22(30)12-10-16-19(25)7-4-8-20(16)26/h3-12H,1-2,13-14H2,(H,27,29)(H,28,30). The molecule has 2 amide bonds. The maximum Gasteiger partial charge on any atom is 0.244 e. The molecule has 0 bridgehead atoms. The van der Waals surface area contributed by atoms with E-state index in [1.807, 2.05) is 0 Å². The molecule has 30 heavy (non-hydrogen) atoms. The van der Waals surface area contributed by atoms with Gasteiger partial charge in [0.15, 0.2) is 0 Å². The maximum absolute atomic E-state index is 11.9. The van der Waals surface area contributed by atoms with Gasteiger partial charge in [0, 0.05) is 56.5 Å². The van der Waals surface area contributed by atoms with Gasteiger partial charge in [0.1, 0.15) is 0 Å². The van der Waals surface area contributed by atoms with Gasteiger partial charge >= 0.3 is 0 Å². The Labute approximate surface area is 195 Å². The molecule has 0 heterocycles. The smallest absolute Gasteiger partial charge is 0.244 e. The number of unbranched alkanes of at least 4 members (excludes halogenated alkanes) is 1. The number of benzene rings is 2. The lowest BCUT2D eigenvalue weighted by atomic mass is 10.2. The SMILES string of the molecule is O=C(C=Cc1c(Cl)cccc1Cl)NCCCCNC(=O)C=Cc1c(Cl)cccc1Cl. The van der Waals surface area contributed by atoms with Crippen LogP contribution in [0.25, 0.3) is 12.2 Å². The number of carbonyl (C=O) groups excluding carboxylic acids is 2. The van der Waals surface area contributed by atoms with E-state index in [-0.39, 0.29) is 11.8 Å². The molecule has 2 rings (SSSR count). The minimum absolute atomic E-state index is 0.241.